The highest BCUT2D eigenvalue weighted by Crippen LogP contribution is 2.33. The van der Waals surface area contributed by atoms with E-state index in [1.807, 2.05) is 43.0 Å². The van der Waals surface area contributed by atoms with Crippen molar-refractivity contribution in [3.63, 3.8) is 0 Å². The summed E-state index contributed by atoms with van der Waals surface area (Å²) >= 11 is 6.03. The molecule has 2 aromatic carbocycles. The van der Waals surface area contributed by atoms with Gasteiger partial charge >= 0.3 is 0 Å². The van der Waals surface area contributed by atoms with E-state index in [0.29, 0.717) is 29.5 Å². The number of anilines is 2. The molecule has 0 radical (unpaired) electrons. The number of hydrogen-bond donors (Lipinski definition) is 2. The Morgan fingerprint density at radius 1 is 1.24 bits per heavy atom. The van der Waals surface area contributed by atoms with E-state index in [1.165, 1.54) is 0 Å². The van der Waals surface area contributed by atoms with Crippen LogP contribution in [0.25, 0.3) is 0 Å². The standard InChI is InChI=1S/C21H24ClN3O3.CH4/c1-3-10-23-21(27)19-12-25(17-6-4-5-7-18(17)28-19)13-20(26)24-16-11-15(22)9-8-14(16)2;/h4-9,11,19H,3,10,12-13H2,1-2H3,(H,23,27)(H,24,26);1H4. The molecule has 1 heterocycles. The first-order valence-electron chi connectivity index (χ1n) is 9.32. The van der Waals surface area contributed by atoms with Gasteiger partial charge in [-0.25, -0.2) is 0 Å². The molecule has 6 nitrogen and oxygen atoms in total. The molecule has 1 aliphatic rings. The third kappa shape index (κ3) is 5.64. The lowest BCUT2D eigenvalue weighted by Gasteiger charge is -2.35. The van der Waals surface area contributed by atoms with Crippen molar-refractivity contribution < 1.29 is 14.3 Å². The van der Waals surface area contributed by atoms with Crippen molar-refractivity contribution in [3.05, 3.63) is 53.1 Å². The van der Waals surface area contributed by atoms with Gasteiger partial charge in [-0.2, -0.15) is 0 Å². The number of carbonyl (C=O) groups excluding carboxylic acids is 2. The van der Waals surface area contributed by atoms with Gasteiger partial charge in [-0.1, -0.05) is 44.2 Å². The molecule has 29 heavy (non-hydrogen) atoms. The van der Waals surface area contributed by atoms with Gasteiger partial charge in [0.25, 0.3) is 5.91 Å². The Balaban J connectivity index is 0.00000300. The van der Waals surface area contributed by atoms with Crippen LogP contribution in [0.3, 0.4) is 0 Å². The number of amides is 2. The van der Waals surface area contributed by atoms with Crippen molar-refractivity contribution in [3.8, 4) is 5.75 Å². The van der Waals surface area contributed by atoms with Crippen LogP contribution in [0.4, 0.5) is 11.4 Å². The lowest BCUT2D eigenvalue weighted by Crippen LogP contribution is -2.50. The molecule has 0 aromatic heterocycles. The van der Waals surface area contributed by atoms with Crippen molar-refractivity contribution in [2.75, 3.05) is 29.9 Å². The van der Waals surface area contributed by atoms with Gasteiger partial charge in [-0.3, -0.25) is 9.59 Å². The zero-order valence-electron chi connectivity index (χ0n) is 16.0. The van der Waals surface area contributed by atoms with Crippen molar-refractivity contribution >= 4 is 34.8 Å². The number of benzene rings is 2. The van der Waals surface area contributed by atoms with Crippen molar-refractivity contribution in [1.82, 2.24) is 5.32 Å². The number of aryl methyl sites for hydroxylation is 1. The summed E-state index contributed by atoms with van der Waals surface area (Å²) in [5.74, 6) is 0.236. The molecule has 1 unspecified atom stereocenters. The van der Waals surface area contributed by atoms with Crippen molar-refractivity contribution in [2.24, 2.45) is 0 Å². The van der Waals surface area contributed by atoms with E-state index in [9.17, 15) is 9.59 Å². The zero-order valence-corrected chi connectivity index (χ0v) is 16.8. The predicted octanol–water partition coefficient (Wildman–Crippen LogP) is 4.02. The third-order valence-electron chi connectivity index (χ3n) is 4.51. The number of hydrogen-bond acceptors (Lipinski definition) is 4. The van der Waals surface area contributed by atoms with E-state index < -0.39 is 6.10 Å². The molecule has 0 aliphatic carbocycles. The number of carbonyl (C=O) groups is 2. The number of nitrogens with one attached hydrogen (secondary N) is 2. The minimum Gasteiger partial charge on any atom is -0.477 e. The second-order valence-corrected chi connectivity index (χ2v) is 7.19. The summed E-state index contributed by atoms with van der Waals surface area (Å²) in [6.45, 7) is 4.89. The summed E-state index contributed by atoms with van der Waals surface area (Å²) in [6, 6.07) is 12.8. The zero-order chi connectivity index (χ0) is 20.1. The van der Waals surface area contributed by atoms with Crippen LogP contribution < -0.4 is 20.3 Å². The number of nitrogens with zero attached hydrogens (tertiary/aromatic N) is 1. The normalized spacial score (nSPS) is 14.9. The van der Waals surface area contributed by atoms with Crippen LogP contribution in [0, 0.1) is 6.92 Å². The van der Waals surface area contributed by atoms with Crippen LogP contribution in [0.5, 0.6) is 5.75 Å². The largest absolute Gasteiger partial charge is 0.477 e. The summed E-state index contributed by atoms with van der Waals surface area (Å²) in [5.41, 5.74) is 2.40. The Morgan fingerprint density at radius 3 is 2.76 bits per heavy atom. The van der Waals surface area contributed by atoms with E-state index >= 15 is 0 Å². The fourth-order valence-corrected chi connectivity index (χ4v) is 3.22. The molecule has 2 N–H and O–H groups in total. The van der Waals surface area contributed by atoms with Gasteiger partial charge in [0.2, 0.25) is 5.91 Å². The van der Waals surface area contributed by atoms with Gasteiger partial charge in [-0.05, 0) is 43.2 Å². The minimum atomic E-state index is -0.665. The molecule has 0 fully saturated rings. The molecule has 156 valence electrons. The Hall–Kier alpha value is -2.73. The summed E-state index contributed by atoms with van der Waals surface area (Å²) in [4.78, 5) is 26.9. The highest BCUT2D eigenvalue weighted by atomic mass is 35.5. The topological polar surface area (TPSA) is 70.7 Å². The quantitative estimate of drug-likeness (QED) is 0.744. The van der Waals surface area contributed by atoms with E-state index in [1.54, 1.807) is 18.2 Å². The van der Waals surface area contributed by atoms with Crippen LogP contribution >= 0.6 is 11.6 Å². The second kappa shape index (κ2) is 10.2. The molecule has 0 spiro atoms. The number of halogens is 1. The fraction of sp³-hybridized carbons (Fsp3) is 0.364. The Labute approximate surface area is 177 Å². The first-order chi connectivity index (χ1) is 13.5. The first kappa shape index (κ1) is 22.6. The highest BCUT2D eigenvalue weighted by molar-refractivity contribution is 6.31. The average molecular weight is 418 g/mol. The van der Waals surface area contributed by atoms with Crippen LogP contribution in [-0.2, 0) is 9.59 Å². The average Bonchev–Trinajstić information content (AvgIpc) is 2.68. The van der Waals surface area contributed by atoms with Gasteiger partial charge in [0.05, 0.1) is 18.8 Å². The SMILES string of the molecule is C.CCCNC(=O)C1CN(CC(=O)Nc2cc(Cl)ccc2C)c2ccccc2O1. The molecule has 0 bridgehead atoms. The van der Waals surface area contributed by atoms with Crippen LogP contribution in [0.2, 0.25) is 5.02 Å². The molecule has 2 aromatic rings. The first-order valence-corrected chi connectivity index (χ1v) is 9.70. The van der Waals surface area contributed by atoms with Gasteiger partial charge in [0.1, 0.15) is 5.75 Å². The third-order valence-corrected chi connectivity index (χ3v) is 4.75. The van der Waals surface area contributed by atoms with Gasteiger partial charge in [0, 0.05) is 17.3 Å². The Bertz CT molecular complexity index is 872. The molecular formula is C22H28ClN3O3. The summed E-state index contributed by atoms with van der Waals surface area (Å²) < 4.78 is 5.85. The van der Waals surface area contributed by atoms with E-state index in [-0.39, 0.29) is 25.8 Å². The predicted molar refractivity (Wildman–Crippen MR) is 118 cm³/mol. The second-order valence-electron chi connectivity index (χ2n) is 6.75. The molecule has 3 rings (SSSR count). The van der Waals surface area contributed by atoms with Crippen LogP contribution in [0.15, 0.2) is 42.5 Å². The monoisotopic (exact) mass is 417 g/mol. The van der Waals surface area contributed by atoms with Gasteiger partial charge in [-0.15, -0.1) is 0 Å². The van der Waals surface area contributed by atoms with Crippen molar-refractivity contribution in [2.45, 2.75) is 33.8 Å². The molecule has 0 saturated carbocycles. The summed E-state index contributed by atoms with van der Waals surface area (Å²) in [7, 11) is 0. The lowest BCUT2D eigenvalue weighted by atomic mass is 10.1. The number of fused-ring (bicyclic) bond motifs is 1. The van der Waals surface area contributed by atoms with Crippen LogP contribution in [0.1, 0.15) is 26.3 Å². The van der Waals surface area contributed by atoms with E-state index in [0.717, 1.165) is 17.7 Å². The van der Waals surface area contributed by atoms with E-state index in [4.69, 9.17) is 16.3 Å². The Morgan fingerprint density at radius 2 is 2.00 bits per heavy atom. The maximum absolute atomic E-state index is 12.7. The molecule has 1 atom stereocenters. The molecule has 1 aliphatic heterocycles. The summed E-state index contributed by atoms with van der Waals surface area (Å²) in [5, 5.41) is 6.32. The summed E-state index contributed by atoms with van der Waals surface area (Å²) in [6.07, 6.45) is 0.183. The lowest BCUT2D eigenvalue weighted by molar-refractivity contribution is -0.128. The van der Waals surface area contributed by atoms with E-state index in [2.05, 4.69) is 10.6 Å². The maximum Gasteiger partial charge on any atom is 0.262 e. The molecule has 2 amide bonds. The van der Waals surface area contributed by atoms with Gasteiger partial charge < -0.3 is 20.3 Å². The molecular weight excluding hydrogens is 390 g/mol. The number of rotatable bonds is 6. The van der Waals surface area contributed by atoms with Crippen molar-refractivity contribution in [1.29, 1.82) is 0 Å². The highest BCUT2D eigenvalue weighted by Gasteiger charge is 2.31. The minimum absolute atomic E-state index is 0. The molecule has 7 heteroatoms. The molecule has 0 saturated heterocycles. The Kier molecular flexibility index (Phi) is 7.91. The fourth-order valence-electron chi connectivity index (χ4n) is 3.05. The number of ether oxygens (including phenoxy) is 1. The number of para-hydroxylation sites is 2. The van der Waals surface area contributed by atoms with Crippen LogP contribution in [-0.4, -0.2) is 37.6 Å². The maximum atomic E-state index is 12.7. The smallest absolute Gasteiger partial charge is 0.262 e. The van der Waals surface area contributed by atoms with Gasteiger partial charge in [0.15, 0.2) is 6.10 Å².